The van der Waals surface area contributed by atoms with Crippen molar-refractivity contribution >= 4 is 0 Å². The molecule has 1 saturated carbocycles. The molecule has 14 heavy (non-hydrogen) atoms. The van der Waals surface area contributed by atoms with Crippen LogP contribution in [0.3, 0.4) is 0 Å². The summed E-state index contributed by atoms with van der Waals surface area (Å²) in [5, 5.41) is 3.82. The monoisotopic (exact) mass is 197 g/mol. The molecular formula is C13H27N. The van der Waals surface area contributed by atoms with E-state index >= 15 is 0 Å². The molecule has 0 aromatic rings. The van der Waals surface area contributed by atoms with Gasteiger partial charge in [0.15, 0.2) is 0 Å². The lowest BCUT2D eigenvalue weighted by Gasteiger charge is -2.34. The van der Waals surface area contributed by atoms with E-state index in [4.69, 9.17) is 0 Å². The summed E-state index contributed by atoms with van der Waals surface area (Å²) in [6.45, 7) is 9.38. The molecule has 1 nitrogen and oxygen atoms in total. The largest absolute Gasteiger partial charge is 0.311 e. The quantitative estimate of drug-likeness (QED) is 0.726. The number of hydrogen-bond acceptors (Lipinski definition) is 1. The Bertz CT molecular complexity index is 155. The Labute approximate surface area is 89.7 Å². The molecular weight excluding hydrogens is 170 g/mol. The summed E-state index contributed by atoms with van der Waals surface area (Å²) in [4.78, 5) is 0. The first-order valence-corrected chi connectivity index (χ1v) is 6.41. The summed E-state index contributed by atoms with van der Waals surface area (Å²) in [6.07, 6.45) is 6.97. The van der Waals surface area contributed by atoms with Gasteiger partial charge >= 0.3 is 0 Å². The van der Waals surface area contributed by atoms with Crippen LogP contribution < -0.4 is 5.32 Å². The third-order valence-electron chi connectivity index (χ3n) is 4.09. The van der Waals surface area contributed by atoms with Crippen LogP contribution in [0, 0.1) is 11.8 Å². The van der Waals surface area contributed by atoms with E-state index < -0.39 is 0 Å². The van der Waals surface area contributed by atoms with E-state index in [2.05, 4.69) is 33.0 Å². The molecule has 0 bridgehead atoms. The van der Waals surface area contributed by atoms with Gasteiger partial charge in [-0.3, -0.25) is 0 Å². The van der Waals surface area contributed by atoms with Gasteiger partial charge in [0, 0.05) is 12.1 Å². The Hall–Kier alpha value is -0.0400. The van der Waals surface area contributed by atoms with Crippen LogP contribution in [0.25, 0.3) is 0 Å². The minimum atomic E-state index is 0.686. The van der Waals surface area contributed by atoms with E-state index in [1.54, 1.807) is 0 Å². The van der Waals surface area contributed by atoms with Gasteiger partial charge in [0.05, 0.1) is 0 Å². The van der Waals surface area contributed by atoms with E-state index in [9.17, 15) is 0 Å². The predicted molar refractivity (Wildman–Crippen MR) is 63.5 cm³/mol. The molecule has 4 atom stereocenters. The van der Waals surface area contributed by atoms with E-state index in [0.29, 0.717) is 6.04 Å². The minimum absolute atomic E-state index is 0.686. The maximum atomic E-state index is 3.82. The van der Waals surface area contributed by atoms with Crippen molar-refractivity contribution in [2.45, 2.75) is 71.9 Å². The van der Waals surface area contributed by atoms with E-state index in [1.807, 2.05) is 0 Å². The molecule has 0 aromatic carbocycles. The van der Waals surface area contributed by atoms with Gasteiger partial charge in [-0.15, -0.1) is 0 Å². The molecule has 1 rings (SSSR count). The Balaban J connectivity index is 2.34. The lowest BCUT2D eigenvalue weighted by molar-refractivity contribution is 0.237. The molecule has 1 heteroatoms. The Kier molecular flexibility index (Phi) is 4.94. The molecule has 0 amide bonds. The molecule has 0 spiro atoms. The second-order valence-corrected chi connectivity index (χ2v) is 5.21. The predicted octanol–water partition coefficient (Wildman–Crippen LogP) is 3.59. The maximum absolute atomic E-state index is 3.82. The second kappa shape index (κ2) is 5.75. The SMILES string of the molecule is CC[C@@H](C)[C@@H](C)N[C@@H]1CCCC[C@@H]1C. The average molecular weight is 197 g/mol. The fraction of sp³-hybridized carbons (Fsp3) is 1.00. The van der Waals surface area contributed by atoms with Gasteiger partial charge < -0.3 is 5.32 Å². The fourth-order valence-electron chi connectivity index (χ4n) is 2.42. The molecule has 1 fully saturated rings. The Morgan fingerprint density at radius 2 is 1.86 bits per heavy atom. The van der Waals surface area contributed by atoms with Crippen LogP contribution in [0.2, 0.25) is 0 Å². The molecule has 0 heterocycles. The van der Waals surface area contributed by atoms with Crippen molar-refractivity contribution in [3.05, 3.63) is 0 Å². The highest BCUT2D eigenvalue weighted by atomic mass is 15.0. The highest BCUT2D eigenvalue weighted by Gasteiger charge is 2.23. The highest BCUT2D eigenvalue weighted by Crippen LogP contribution is 2.24. The lowest BCUT2D eigenvalue weighted by atomic mass is 9.85. The summed E-state index contributed by atoms with van der Waals surface area (Å²) in [7, 11) is 0. The Morgan fingerprint density at radius 1 is 1.21 bits per heavy atom. The van der Waals surface area contributed by atoms with Crippen molar-refractivity contribution in [1.82, 2.24) is 5.32 Å². The first-order chi connectivity index (χ1) is 6.65. The van der Waals surface area contributed by atoms with Gasteiger partial charge in [-0.1, -0.05) is 40.0 Å². The summed E-state index contributed by atoms with van der Waals surface area (Å²) in [6, 6.07) is 1.47. The van der Waals surface area contributed by atoms with Crippen LogP contribution in [0.15, 0.2) is 0 Å². The topological polar surface area (TPSA) is 12.0 Å². The highest BCUT2D eigenvalue weighted by molar-refractivity contribution is 4.81. The maximum Gasteiger partial charge on any atom is 0.00952 e. The molecule has 1 N–H and O–H groups in total. The second-order valence-electron chi connectivity index (χ2n) is 5.21. The zero-order valence-electron chi connectivity index (χ0n) is 10.3. The van der Waals surface area contributed by atoms with Crippen LogP contribution in [0.1, 0.15) is 59.8 Å². The van der Waals surface area contributed by atoms with Gasteiger partial charge in [0.2, 0.25) is 0 Å². The van der Waals surface area contributed by atoms with Crippen LogP contribution >= 0.6 is 0 Å². The summed E-state index contributed by atoms with van der Waals surface area (Å²) in [5.41, 5.74) is 0. The van der Waals surface area contributed by atoms with Gasteiger partial charge in [-0.25, -0.2) is 0 Å². The minimum Gasteiger partial charge on any atom is -0.311 e. The molecule has 0 saturated heterocycles. The van der Waals surface area contributed by atoms with Crippen molar-refractivity contribution < 1.29 is 0 Å². The van der Waals surface area contributed by atoms with Crippen molar-refractivity contribution in [3.63, 3.8) is 0 Å². The van der Waals surface area contributed by atoms with Crippen molar-refractivity contribution in [3.8, 4) is 0 Å². The van der Waals surface area contributed by atoms with Gasteiger partial charge in [0.1, 0.15) is 0 Å². The molecule has 0 radical (unpaired) electrons. The fourth-order valence-corrected chi connectivity index (χ4v) is 2.42. The lowest BCUT2D eigenvalue weighted by Crippen LogP contribution is -2.44. The molecule has 0 aliphatic heterocycles. The third kappa shape index (κ3) is 3.27. The molecule has 0 unspecified atom stereocenters. The summed E-state index contributed by atoms with van der Waals surface area (Å²) >= 11 is 0. The zero-order valence-corrected chi connectivity index (χ0v) is 10.3. The molecule has 1 aliphatic rings. The average Bonchev–Trinajstić information content (AvgIpc) is 2.20. The first kappa shape index (κ1) is 12.0. The van der Waals surface area contributed by atoms with Gasteiger partial charge in [-0.05, 0) is 31.6 Å². The molecule has 1 aliphatic carbocycles. The summed E-state index contributed by atoms with van der Waals surface area (Å²) in [5.74, 6) is 1.69. The van der Waals surface area contributed by atoms with Crippen molar-refractivity contribution in [1.29, 1.82) is 0 Å². The van der Waals surface area contributed by atoms with Crippen LogP contribution in [-0.2, 0) is 0 Å². The molecule has 84 valence electrons. The van der Waals surface area contributed by atoms with E-state index in [-0.39, 0.29) is 0 Å². The third-order valence-corrected chi connectivity index (χ3v) is 4.09. The summed E-state index contributed by atoms with van der Waals surface area (Å²) < 4.78 is 0. The number of rotatable bonds is 4. The van der Waals surface area contributed by atoms with Crippen molar-refractivity contribution in [2.24, 2.45) is 11.8 Å². The number of nitrogens with one attached hydrogen (secondary N) is 1. The van der Waals surface area contributed by atoms with Crippen molar-refractivity contribution in [2.75, 3.05) is 0 Å². The van der Waals surface area contributed by atoms with Crippen LogP contribution in [0.5, 0.6) is 0 Å². The normalized spacial score (nSPS) is 32.6. The van der Waals surface area contributed by atoms with Gasteiger partial charge in [-0.2, -0.15) is 0 Å². The Morgan fingerprint density at radius 3 is 2.43 bits per heavy atom. The van der Waals surface area contributed by atoms with Crippen LogP contribution in [0.4, 0.5) is 0 Å². The standard InChI is InChI=1S/C13H27N/c1-5-10(2)12(4)14-13-9-7-6-8-11(13)3/h10-14H,5-9H2,1-4H3/t10-,11+,12-,13-/m1/s1. The smallest absolute Gasteiger partial charge is 0.00952 e. The first-order valence-electron chi connectivity index (χ1n) is 6.41. The van der Waals surface area contributed by atoms with Crippen LogP contribution in [-0.4, -0.2) is 12.1 Å². The zero-order chi connectivity index (χ0) is 10.6. The molecule has 0 aromatic heterocycles. The number of hydrogen-bond donors (Lipinski definition) is 1. The van der Waals surface area contributed by atoms with Gasteiger partial charge in [0.25, 0.3) is 0 Å². The van der Waals surface area contributed by atoms with E-state index in [0.717, 1.165) is 17.9 Å². The van der Waals surface area contributed by atoms with E-state index in [1.165, 1.54) is 32.1 Å².